The predicted molar refractivity (Wildman–Crippen MR) is 58.3 cm³/mol. The minimum absolute atomic E-state index is 0.142. The molecule has 0 bridgehead atoms. The fraction of sp³-hybridized carbons (Fsp3) is 0.364. The summed E-state index contributed by atoms with van der Waals surface area (Å²) in [5, 5.41) is 26.5. The molecule has 1 heterocycles. The summed E-state index contributed by atoms with van der Waals surface area (Å²) in [7, 11) is 0. The molecule has 1 aromatic heterocycles. The second-order valence-electron chi connectivity index (χ2n) is 3.29. The van der Waals surface area contributed by atoms with Crippen molar-refractivity contribution in [3.05, 3.63) is 24.0 Å². The van der Waals surface area contributed by atoms with Crippen LogP contribution in [0.5, 0.6) is 0 Å². The van der Waals surface area contributed by atoms with E-state index in [1.165, 1.54) is 0 Å². The molecule has 5 nitrogen and oxygen atoms in total. The van der Waals surface area contributed by atoms with E-state index >= 15 is 0 Å². The second kappa shape index (κ2) is 5.69. The molecule has 0 aliphatic rings. The van der Waals surface area contributed by atoms with Gasteiger partial charge >= 0.3 is 0 Å². The molecule has 1 atom stereocenters. The molecule has 0 fully saturated rings. The number of pyridine rings is 1. The molecule has 0 radical (unpaired) electrons. The number of aliphatic hydroxyl groups excluding tert-OH is 1. The predicted octanol–water partition coefficient (Wildman–Crippen LogP) is 0.988. The van der Waals surface area contributed by atoms with Crippen LogP contribution in [0.25, 0.3) is 0 Å². The van der Waals surface area contributed by atoms with Gasteiger partial charge in [-0.25, -0.2) is 0 Å². The van der Waals surface area contributed by atoms with Crippen LogP contribution in [0.15, 0.2) is 18.3 Å². The number of nitriles is 2. The molecular formula is C11H12N4O. The van der Waals surface area contributed by atoms with Crippen molar-refractivity contribution in [3.8, 4) is 12.1 Å². The number of aliphatic hydroxyl groups is 1. The molecule has 0 aliphatic heterocycles. The highest BCUT2D eigenvalue weighted by Gasteiger charge is 2.07. The van der Waals surface area contributed by atoms with Gasteiger partial charge in [-0.2, -0.15) is 10.5 Å². The highest BCUT2D eigenvalue weighted by atomic mass is 16.3. The molecule has 0 aromatic carbocycles. The van der Waals surface area contributed by atoms with Crippen molar-refractivity contribution in [1.82, 2.24) is 4.98 Å². The summed E-state index contributed by atoms with van der Waals surface area (Å²) in [4.78, 5) is 5.66. The lowest BCUT2D eigenvalue weighted by molar-refractivity contribution is 0.194. The third-order valence-corrected chi connectivity index (χ3v) is 2.09. The van der Waals surface area contributed by atoms with Crippen LogP contribution in [-0.4, -0.2) is 23.2 Å². The summed E-state index contributed by atoms with van der Waals surface area (Å²) in [6, 6.07) is 7.39. The van der Waals surface area contributed by atoms with Gasteiger partial charge in [0.2, 0.25) is 0 Å². The number of hydrogen-bond donors (Lipinski definition) is 1. The molecule has 0 saturated heterocycles. The Hall–Kier alpha value is -2.11. The first-order valence-electron chi connectivity index (χ1n) is 4.82. The van der Waals surface area contributed by atoms with E-state index in [1.807, 2.05) is 12.1 Å². The Balaban J connectivity index is 2.86. The van der Waals surface area contributed by atoms with Crippen LogP contribution in [-0.2, 0) is 0 Å². The SMILES string of the molecule is C[C@H](O)c1ccc(N(CC#N)CC#N)cn1. The van der Waals surface area contributed by atoms with Crippen molar-refractivity contribution in [1.29, 1.82) is 10.5 Å². The van der Waals surface area contributed by atoms with Crippen LogP contribution in [0.2, 0.25) is 0 Å². The van der Waals surface area contributed by atoms with Gasteiger partial charge in [0.15, 0.2) is 0 Å². The Morgan fingerprint density at radius 3 is 2.38 bits per heavy atom. The van der Waals surface area contributed by atoms with E-state index < -0.39 is 6.10 Å². The first-order chi connectivity index (χ1) is 7.69. The molecule has 1 rings (SSSR count). The fourth-order valence-corrected chi connectivity index (χ4v) is 1.24. The second-order valence-corrected chi connectivity index (χ2v) is 3.29. The molecule has 0 aliphatic carbocycles. The lowest BCUT2D eigenvalue weighted by atomic mass is 10.2. The van der Waals surface area contributed by atoms with Crippen molar-refractivity contribution in [2.75, 3.05) is 18.0 Å². The summed E-state index contributed by atoms with van der Waals surface area (Å²) < 4.78 is 0. The lowest BCUT2D eigenvalue weighted by Gasteiger charge is -2.17. The Kier molecular flexibility index (Phi) is 4.26. The number of rotatable bonds is 4. The average molecular weight is 216 g/mol. The van der Waals surface area contributed by atoms with E-state index in [0.717, 1.165) is 0 Å². The van der Waals surface area contributed by atoms with Gasteiger partial charge in [-0.05, 0) is 19.1 Å². The van der Waals surface area contributed by atoms with E-state index in [2.05, 4.69) is 4.98 Å². The van der Waals surface area contributed by atoms with Gasteiger partial charge in [-0.3, -0.25) is 4.98 Å². The summed E-state index contributed by atoms with van der Waals surface area (Å²) in [5.74, 6) is 0. The molecular weight excluding hydrogens is 204 g/mol. The summed E-state index contributed by atoms with van der Waals surface area (Å²) >= 11 is 0. The van der Waals surface area contributed by atoms with Gasteiger partial charge in [0.1, 0.15) is 13.1 Å². The van der Waals surface area contributed by atoms with E-state index in [9.17, 15) is 5.11 Å². The molecule has 1 aromatic rings. The highest BCUT2D eigenvalue weighted by Crippen LogP contribution is 2.15. The van der Waals surface area contributed by atoms with E-state index in [4.69, 9.17) is 10.5 Å². The maximum Gasteiger partial charge on any atom is 0.107 e. The van der Waals surface area contributed by atoms with Crippen LogP contribution in [0.4, 0.5) is 5.69 Å². The number of anilines is 1. The van der Waals surface area contributed by atoms with Gasteiger partial charge in [-0.1, -0.05) is 0 Å². The summed E-state index contributed by atoms with van der Waals surface area (Å²) in [6.45, 7) is 1.91. The molecule has 0 amide bonds. The summed E-state index contributed by atoms with van der Waals surface area (Å²) in [6.07, 6.45) is 0.936. The van der Waals surface area contributed by atoms with E-state index in [1.54, 1.807) is 30.2 Å². The highest BCUT2D eigenvalue weighted by molar-refractivity contribution is 5.46. The Morgan fingerprint density at radius 1 is 1.38 bits per heavy atom. The zero-order valence-corrected chi connectivity index (χ0v) is 8.96. The van der Waals surface area contributed by atoms with Gasteiger partial charge < -0.3 is 10.0 Å². The smallest absolute Gasteiger partial charge is 0.107 e. The van der Waals surface area contributed by atoms with Crippen LogP contribution in [0, 0.1) is 22.7 Å². The topological polar surface area (TPSA) is 83.9 Å². The minimum atomic E-state index is -0.616. The van der Waals surface area contributed by atoms with Crippen LogP contribution in [0.3, 0.4) is 0 Å². The van der Waals surface area contributed by atoms with Crippen molar-refractivity contribution in [2.24, 2.45) is 0 Å². The van der Waals surface area contributed by atoms with Crippen molar-refractivity contribution in [2.45, 2.75) is 13.0 Å². The Morgan fingerprint density at radius 2 is 2.00 bits per heavy atom. The number of aromatic nitrogens is 1. The molecule has 0 spiro atoms. The van der Waals surface area contributed by atoms with Crippen molar-refractivity contribution < 1.29 is 5.11 Å². The first-order valence-corrected chi connectivity index (χ1v) is 4.82. The molecule has 5 heteroatoms. The van der Waals surface area contributed by atoms with Crippen LogP contribution >= 0.6 is 0 Å². The Labute approximate surface area is 94.2 Å². The zero-order chi connectivity index (χ0) is 12.0. The maximum absolute atomic E-state index is 9.28. The van der Waals surface area contributed by atoms with Gasteiger partial charge in [0.05, 0.1) is 35.8 Å². The van der Waals surface area contributed by atoms with Gasteiger partial charge in [0.25, 0.3) is 0 Å². The van der Waals surface area contributed by atoms with Gasteiger partial charge in [0, 0.05) is 0 Å². The van der Waals surface area contributed by atoms with E-state index in [0.29, 0.717) is 11.4 Å². The first kappa shape index (κ1) is 12.0. The normalized spacial score (nSPS) is 11.2. The number of nitrogens with zero attached hydrogens (tertiary/aromatic N) is 4. The molecule has 16 heavy (non-hydrogen) atoms. The zero-order valence-electron chi connectivity index (χ0n) is 8.96. The third kappa shape index (κ3) is 2.94. The van der Waals surface area contributed by atoms with Gasteiger partial charge in [-0.15, -0.1) is 0 Å². The van der Waals surface area contributed by atoms with Crippen LogP contribution in [0.1, 0.15) is 18.7 Å². The average Bonchev–Trinajstić information content (AvgIpc) is 2.29. The maximum atomic E-state index is 9.28. The number of hydrogen-bond acceptors (Lipinski definition) is 5. The summed E-state index contributed by atoms with van der Waals surface area (Å²) in [5.41, 5.74) is 1.27. The van der Waals surface area contributed by atoms with Crippen molar-refractivity contribution in [3.63, 3.8) is 0 Å². The fourth-order valence-electron chi connectivity index (χ4n) is 1.24. The molecule has 0 unspecified atom stereocenters. The lowest BCUT2D eigenvalue weighted by Crippen LogP contribution is -2.23. The van der Waals surface area contributed by atoms with Crippen LogP contribution < -0.4 is 4.90 Å². The standard InChI is InChI=1S/C11H12N4O/c1-9(16)11-3-2-10(8-14-11)15(6-4-12)7-5-13/h2-3,8-9,16H,6-7H2,1H3/t9-/m0/s1. The molecule has 0 saturated carbocycles. The third-order valence-electron chi connectivity index (χ3n) is 2.09. The molecule has 82 valence electrons. The minimum Gasteiger partial charge on any atom is -0.387 e. The van der Waals surface area contributed by atoms with E-state index in [-0.39, 0.29) is 13.1 Å². The largest absolute Gasteiger partial charge is 0.387 e. The van der Waals surface area contributed by atoms with Crippen molar-refractivity contribution >= 4 is 5.69 Å². The monoisotopic (exact) mass is 216 g/mol. The Bertz CT molecular complexity index is 397. The molecule has 1 N–H and O–H groups in total. The quantitative estimate of drug-likeness (QED) is 0.758.